The number of aryl methyl sites for hydroxylation is 3. The van der Waals surface area contributed by atoms with Crippen LogP contribution in [-0.2, 0) is 17.6 Å². The molecule has 0 amide bonds. The first-order valence-electron chi connectivity index (χ1n) is 8.52. The molecule has 4 nitrogen and oxygen atoms in total. The zero-order valence-corrected chi connectivity index (χ0v) is 15.2. The van der Waals surface area contributed by atoms with E-state index in [0.29, 0.717) is 12.4 Å². The van der Waals surface area contributed by atoms with Crippen LogP contribution in [0.3, 0.4) is 0 Å². The van der Waals surface area contributed by atoms with E-state index in [2.05, 4.69) is 9.97 Å². The fraction of sp³-hybridized carbons (Fsp3) is 0.350. The molecule has 3 rings (SSSR count). The van der Waals surface area contributed by atoms with Gasteiger partial charge in [-0.05, 0) is 49.6 Å². The number of anilines is 1. The zero-order chi connectivity index (χ0) is 18.1. The van der Waals surface area contributed by atoms with Crippen molar-refractivity contribution in [3.05, 3.63) is 46.5 Å². The summed E-state index contributed by atoms with van der Waals surface area (Å²) in [6.07, 6.45) is 1.49. The molecule has 1 aromatic carbocycles. The van der Waals surface area contributed by atoms with Crippen molar-refractivity contribution in [1.82, 2.24) is 9.97 Å². The molecule has 0 aliphatic carbocycles. The number of fused-ring (bicyclic) bond motifs is 1. The van der Waals surface area contributed by atoms with Crippen LogP contribution in [0.5, 0.6) is 0 Å². The monoisotopic (exact) mass is 341 g/mol. The number of aromatic amines is 1. The topological polar surface area (TPSA) is 63.9 Å². The van der Waals surface area contributed by atoms with Gasteiger partial charge in [-0.15, -0.1) is 0 Å². The molecule has 3 N–H and O–H groups in total. The van der Waals surface area contributed by atoms with Crippen molar-refractivity contribution >= 4 is 16.7 Å². The molecule has 0 saturated heterocycles. The van der Waals surface area contributed by atoms with Gasteiger partial charge >= 0.3 is 0 Å². The molecule has 0 unspecified atom stereocenters. The van der Waals surface area contributed by atoms with Crippen molar-refractivity contribution in [2.45, 2.75) is 33.6 Å². The molecule has 25 heavy (non-hydrogen) atoms. The van der Waals surface area contributed by atoms with Gasteiger partial charge in [0.05, 0.1) is 17.8 Å². The number of rotatable bonds is 5. The Kier molecular flexibility index (Phi) is 4.77. The number of pyridine rings is 1. The lowest BCUT2D eigenvalue weighted by Gasteiger charge is -2.13. The molecular formula is C20H24FN3O. The summed E-state index contributed by atoms with van der Waals surface area (Å²) in [5.74, 6) is 0.246. The molecule has 0 aliphatic rings. The molecule has 0 aliphatic heterocycles. The van der Waals surface area contributed by atoms with E-state index in [-0.39, 0.29) is 5.82 Å². The molecule has 0 saturated carbocycles. The number of nitrogens with one attached hydrogen (secondary N) is 1. The van der Waals surface area contributed by atoms with Crippen molar-refractivity contribution in [1.29, 1.82) is 0 Å². The molecular weight excluding hydrogens is 317 g/mol. The number of benzene rings is 1. The predicted octanol–water partition coefficient (Wildman–Crippen LogP) is 4.32. The van der Waals surface area contributed by atoms with Crippen LogP contribution in [0.25, 0.3) is 22.0 Å². The maximum absolute atomic E-state index is 14.4. The molecule has 0 radical (unpaired) electrons. The van der Waals surface area contributed by atoms with Gasteiger partial charge in [-0.25, -0.2) is 9.37 Å². The highest BCUT2D eigenvalue weighted by Gasteiger charge is 2.18. The normalized spacial score (nSPS) is 11.4. The van der Waals surface area contributed by atoms with E-state index >= 15 is 0 Å². The van der Waals surface area contributed by atoms with Crippen LogP contribution in [0.4, 0.5) is 10.2 Å². The third kappa shape index (κ3) is 3.12. The third-order valence-electron chi connectivity index (χ3n) is 4.71. The first-order chi connectivity index (χ1) is 12.0. The van der Waals surface area contributed by atoms with Gasteiger partial charge in [-0.3, -0.25) is 0 Å². The average Bonchev–Trinajstić information content (AvgIpc) is 2.88. The minimum absolute atomic E-state index is 0.249. The van der Waals surface area contributed by atoms with Crippen LogP contribution >= 0.6 is 0 Å². The zero-order valence-electron chi connectivity index (χ0n) is 15.2. The second-order valence-corrected chi connectivity index (χ2v) is 6.39. The van der Waals surface area contributed by atoms with Gasteiger partial charge in [-0.2, -0.15) is 0 Å². The van der Waals surface area contributed by atoms with Crippen molar-refractivity contribution in [3.8, 4) is 11.1 Å². The Hall–Kier alpha value is -2.40. The molecule has 0 spiro atoms. The largest absolute Gasteiger partial charge is 0.384 e. The standard InChI is InChI=1S/C20H24FN3O/c1-5-16-19(11(2)8-18(22)23-16)15-10-13(21)9-14-12(3)17(6-7-25-4)24-20(14)15/h8-10,24H,5-7H2,1-4H3,(H2,22,23). The number of methoxy groups -OCH3 is 1. The fourth-order valence-corrected chi connectivity index (χ4v) is 3.49. The second kappa shape index (κ2) is 6.84. The van der Waals surface area contributed by atoms with E-state index in [9.17, 15) is 4.39 Å². The smallest absolute Gasteiger partial charge is 0.124 e. The van der Waals surface area contributed by atoms with Crippen molar-refractivity contribution in [2.75, 3.05) is 19.5 Å². The number of hydrogen-bond acceptors (Lipinski definition) is 3. The number of nitrogens with zero attached hydrogens (tertiary/aromatic N) is 1. The van der Waals surface area contributed by atoms with Crippen LogP contribution in [0.15, 0.2) is 18.2 Å². The molecule has 0 fully saturated rings. The van der Waals surface area contributed by atoms with Gasteiger partial charge in [-0.1, -0.05) is 6.92 Å². The summed E-state index contributed by atoms with van der Waals surface area (Å²) in [6.45, 7) is 6.66. The maximum Gasteiger partial charge on any atom is 0.124 e. The summed E-state index contributed by atoms with van der Waals surface area (Å²) in [4.78, 5) is 7.95. The number of aromatic nitrogens is 2. The van der Waals surface area contributed by atoms with Crippen LogP contribution in [0.2, 0.25) is 0 Å². The maximum atomic E-state index is 14.4. The van der Waals surface area contributed by atoms with Crippen molar-refractivity contribution in [3.63, 3.8) is 0 Å². The third-order valence-corrected chi connectivity index (χ3v) is 4.71. The summed E-state index contributed by atoms with van der Waals surface area (Å²) >= 11 is 0. The summed E-state index contributed by atoms with van der Waals surface area (Å²) < 4.78 is 19.6. The van der Waals surface area contributed by atoms with Crippen LogP contribution < -0.4 is 5.73 Å². The van der Waals surface area contributed by atoms with Gasteiger partial charge in [0.1, 0.15) is 11.6 Å². The average molecular weight is 341 g/mol. The Balaban J connectivity index is 2.30. The van der Waals surface area contributed by atoms with E-state index in [0.717, 1.165) is 57.4 Å². The second-order valence-electron chi connectivity index (χ2n) is 6.39. The quantitative estimate of drug-likeness (QED) is 0.726. The molecule has 5 heteroatoms. The van der Waals surface area contributed by atoms with Gasteiger partial charge in [0, 0.05) is 35.7 Å². The lowest BCUT2D eigenvalue weighted by Crippen LogP contribution is -2.01. The molecule has 0 atom stereocenters. The van der Waals surface area contributed by atoms with E-state index in [1.54, 1.807) is 19.2 Å². The Morgan fingerprint density at radius 2 is 2.00 bits per heavy atom. The van der Waals surface area contributed by atoms with E-state index in [1.165, 1.54) is 0 Å². The van der Waals surface area contributed by atoms with Gasteiger partial charge in [0.25, 0.3) is 0 Å². The summed E-state index contributed by atoms with van der Waals surface area (Å²) in [7, 11) is 1.68. The summed E-state index contributed by atoms with van der Waals surface area (Å²) in [5, 5.41) is 0.902. The highest BCUT2D eigenvalue weighted by molar-refractivity contribution is 5.98. The number of nitrogen functional groups attached to an aromatic ring is 1. The fourth-order valence-electron chi connectivity index (χ4n) is 3.49. The van der Waals surface area contributed by atoms with Gasteiger partial charge < -0.3 is 15.5 Å². The number of nitrogens with two attached hydrogens (primary N) is 1. The predicted molar refractivity (Wildman–Crippen MR) is 100 cm³/mol. The number of halogens is 1. The minimum atomic E-state index is -0.249. The van der Waals surface area contributed by atoms with Gasteiger partial charge in [0.2, 0.25) is 0 Å². The van der Waals surface area contributed by atoms with Crippen LogP contribution in [0.1, 0.15) is 29.4 Å². The highest BCUT2D eigenvalue weighted by Crippen LogP contribution is 2.36. The molecule has 132 valence electrons. The van der Waals surface area contributed by atoms with Crippen LogP contribution in [0, 0.1) is 19.7 Å². The lowest BCUT2D eigenvalue weighted by molar-refractivity contribution is 0.201. The molecule has 2 aromatic heterocycles. The summed E-state index contributed by atoms with van der Waals surface area (Å²) in [5.41, 5.74) is 12.7. The van der Waals surface area contributed by atoms with E-state index in [1.807, 2.05) is 26.8 Å². The Labute approximate surface area is 147 Å². The molecule has 3 aromatic rings. The van der Waals surface area contributed by atoms with Crippen LogP contribution in [-0.4, -0.2) is 23.7 Å². The SMILES string of the molecule is CCc1nc(N)cc(C)c1-c1cc(F)cc2c(C)c(CCOC)[nH]c12. The number of hydrogen-bond donors (Lipinski definition) is 2. The Bertz CT molecular complexity index is 931. The molecule has 0 bridgehead atoms. The van der Waals surface area contributed by atoms with Gasteiger partial charge in [0.15, 0.2) is 0 Å². The van der Waals surface area contributed by atoms with E-state index in [4.69, 9.17) is 10.5 Å². The first kappa shape index (κ1) is 17.4. The summed E-state index contributed by atoms with van der Waals surface area (Å²) in [6, 6.07) is 5.01. The van der Waals surface area contributed by atoms with Crippen molar-refractivity contribution < 1.29 is 9.13 Å². The minimum Gasteiger partial charge on any atom is -0.384 e. The Morgan fingerprint density at radius 3 is 2.68 bits per heavy atom. The molecule has 2 heterocycles. The first-order valence-corrected chi connectivity index (χ1v) is 8.52. The van der Waals surface area contributed by atoms with E-state index < -0.39 is 0 Å². The number of H-pyrrole nitrogens is 1. The number of ether oxygens (including phenoxy) is 1. The van der Waals surface area contributed by atoms with Crippen molar-refractivity contribution in [2.24, 2.45) is 0 Å². The highest BCUT2D eigenvalue weighted by atomic mass is 19.1. The Morgan fingerprint density at radius 1 is 1.24 bits per heavy atom. The lowest BCUT2D eigenvalue weighted by atomic mass is 9.95.